The molecule has 31 heavy (non-hydrogen) atoms. The van der Waals surface area contributed by atoms with Crippen LogP contribution in [0, 0.1) is 6.92 Å². The third-order valence-corrected chi connectivity index (χ3v) is 4.52. The first-order valence-corrected chi connectivity index (χ1v) is 10.1. The van der Waals surface area contributed by atoms with Gasteiger partial charge in [-0.1, -0.05) is 51.5 Å². The van der Waals surface area contributed by atoms with E-state index in [2.05, 4.69) is 30.2 Å². The summed E-state index contributed by atoms with van der Waals surface area (Å²) in [6, 6.07) is 7.39. The molecule has 0 aliphatic heterocycles. The van der Waals surface area contributed by atoms with Crippen molar-refractivity contribution in [2.75, 3.05) is 0 Å². The number of aliphatic imine (C=N–C) groups is 1. The minimum absolute atomic E-state index is 0.180. The molecule has 0 saturated heterocycles. The third kappa shape index (κ3) is 7.84. The molecular formula is C24H31F3N2O2. The van der Waals surface area contributed by atoms with Crippen LogP contribution in [0.1, 0.15) is 56.4 Å². The van der Waals surface area contributed by atoms with Crippen LogP contribution in [0.3, 0.4) is 0 Å². The van der Waals surface area contributed by atoms with Crippen LogP contribution in [-0.4, -0.2) is 17.7 Å². The Morgan fingerprint density at radius 3 is 2.19 bits per heavy atom. The van der Waals surface area contributed by atoms with Crippen molar-refractivity contribution in [2.24, 2.45) is 10.7 Å². The molecule has 7 heteroatoms. The van der Waals surface area contributed by atoms with Crippen molar-refractivity contribution in [1.29, 1.82) is 0 Å². The zero-order valence-corrected chi connectivity index (χ0v) is 18.5. The Kier molecular flexibility index (Phi) is 10.4. The highest BCUT2D eigenvalue weighted by molar-refractivity contribution is 5.81. The van der Waals surface area contributed by atoms with Crippen molar-refractivity contribution >= 4 is 11.9 Å². The lowest BCUT2D eigenvalue weighted by Crippen LogP contribution is -2.16. The van der Waals surface area contributed by atoms with Gasteiger partial charge in [0.1, 0.15) is 5.75 Å². The molecule has 0 spiro atoms. The molecule has 170 valence electrons. The van der Waals surface area contributed by atoms with Crippen LogP contribution in [-0.2, 0) is 6.54 Å². The number of alkyl halides is 3. The van der Waals surface area contributed by atoms with E-state index >= 15 is 0 Å². The molecule has 2 aromatic rings. The molecule has 0 aliphatic carbocycles. The second-order valence-electron chi connectivity index (χ2n) is 6.94. The topological polar surface area (TPSA) is 67.8 Å². The molecule has 4 nitrogen and oxygen atoms in total. The molecule has 2 rings (SSSR count). The Labute approximate surface area is 182 Å². The summed E-state index contributed by atoms with van der Waals surface area (Å²) >= 11 is 0. The van der Waals surface area contributed by atoms with Gasteiger partial charge in [0.05, 0.1) is 11.8 Å². The zero-order chi connectivity index (χ0) is 23.6. The number of aliphatic hydroxyl groups is 1. The third-order valence-electron chi connectivity index (χ3n) is 4.52. The molecule has 0 heterocycles. The lowest BCUT2D eigenvalue weighted by molar-refractivity contribution is -0.274. The fraction of sp³-hybridized carbons (Fsp3) is 0.375. The first-order chi connectivity index (χ1) is 14.6. The molecule has 0 amide bonds. The van der Waals surface area contributed by atoms with E-state index < -0.39 is 12.5 Å². The van der Waals surface area contributed by atoms with Gasteiger partial charge in [-0.15, -0.1) is 13.2 Å². The van der Waals surface area contributed by atoms with Crippen LogP contribution in [0.5, 0.6) is 5.75 Å². The Bertz CT molecular complexity index is 872. The van der Waals surface area contributed by atoms with Crippen LogP contribution < -0.4 is 10.5 Å². The van der Waals surface area contributed by atoms with Crippen LogP contribution in [0.25, 0.3) is 11.1 Å². The molecule has 0 fully saturated rings. The van der Waals surface area contributed by atoms with Crippen molar-refractivity contribution in [3.8, 4) is 16.9 Å². The number of ether oxygens (including phenoxy) is 1. The quantitative estimate of drug-likeness (QED) is 0.471. The summed E-state index contributed by atoms with van der Waals surface area (Å²) in [6.45, 7) is 11.6. The second kappa shape index (κ2) is 12.3. The largest absolute Gasteiger partial charge is 0.573 e. The summed E-state index contributed by atoms with van der Waals surface area (Å²) in [4.78, 5) is 4.37. The van der Waals surface area contributed by atoms with Gasteiger partial charge in [-0.3, -0.25) is 4.99 Å². The van der Waals surface area contributed by atoms with Crippen LogP contribution in [0.15, 0.2) is 48.0 Å². The second-order valence-corrected chi connectivity index (χ2v) is 6.94. The molecule has 0 bridgehead atoms. The molecular weight excluding hydrogens is 405 g/mol. The normalized spacial score (nSPS) is 12.3. The number of hydrogen-bond donors (Lipinski definition) is 2. The van der Waals surface area contributed by atoms with Gasteiger partial charge >= 0.3 is 6.36 Å². The monoisotopic (exact) mass is 436 g/mol. The van der Waals surface area contributed by atoms with E-state index in [0.29, 0.717) is 22.4 Å². The highest BCUT2D eigenvalue weighted by Gasteiger charge is 2.31. The predicted molar refractivity (Wildman–Crippen MR) is 121 cm³/mol. The van der Waals surface area contributed by atoms with Gasteiger partial charge in [0.25, 0.3) is 0 Å². The smallest absolute Gasteiger partial charge is 0.406 e. The van der Waals surface area contributed by atoms with Gasteiger partial charge in [0, 0.05) is 18.3 Å². The van der Waals surface area contributed by atoms with E-state index in [1.807, 2.05) is 13.0 Å². The predicted octanol–water partition coefficient (Wildman–Crippen LogP) is 6.77. The van der Waals surface area contributed by atoms with Gasteiger partial charge in [-0.05, 0) is 54.3 Å². The van der Waals surface area contributed by atoms with Crippen LogP contribution in [0.4, 0.5) is 18.9 Å². The first kappa shape index (κ1) is 26.4. The lowest BCUT2D eigenvalue weighted by Gasteiger charge is -2.20. The molecule has 2 aromatic carbocycles. The minimum Gasteiger partial charge on any atom is -0.406 e. The molecule has 1 unspecified atom stereocenters. The zero-order valence-electron chi connectivity index (χ0n) is 18.5. The van der Waals surface area contributed by atoms with Gasteiger partial charge < -0.3 is 15.6 Å². The summed E-state index contributed by atoms with van der Waals surface area (Å²) in [5.41, 5.74) is 9.95. The number of aliphatic hydroxyl groups excluding tert-OH is 1. The number of hydrogen-bond acceptors (Lipinski definition) is 4. The van der Waals surface area contributed by atoms with Crippen LogP contribution >= 0.6 is 0 Å². The van der Waals surface area contributed by atoms with Crippen molar-refractivity contribution in [3.05, 3.63) is 59.7 Å². The number of halogens is 3. The number of nitrogens with two attached hydrogens (primary N) is 1. The van der Waals surface area contributed by atoms with E-state index in [1.54, 1.807) is 6.92 Å². The maximum Gasteiger partial charge on any atom is 0.573 e. The number of allylic oxidation sites excluding steroid dienone is 1. The molecule has 0 aromatic heterocycles. The summed E-state index contributed by atoms with van der Waals surface area (Å²) in [5, 5.41) is 10.2. The van der Waals surface area contributed by atoms with E-state index in [-0.39, 0.29) is 12.3 Å². The summed E-state index contributed by atoms with van der Waals surface area (Å²) in [7, 11) is 0. The SMILES string of the molecule is C=CC=Nc1c(C)c(-c2ccc(OC(F)(F)F)cc2)cc(CN)c1C(C)O.CCCC. The highest BCUT2D eigenvalue weighted by Crippen LogP contribution is 2.39. The van der Waals surface area contributed by atoms with Crippen LogP contribution in [0.2, 0.25) is 0 Å². The number of nitrogens with zero attached hydrogens (tertiary/aromatic N) is 1. The van der Waals surface area contributed by atoms with E-state index in [4.69, 9.17) is 5.73 Å². The first-order valence-electron chi connectivity index (χ1n) is 10.1. The highest BCUT2D eigenvalue weighted by atomic mass is 19.4. The van der Waals surface area contributed by atoms with E-state index in [0.717, 1.165) is 11.1 Å². The average Bonchev–Trinajstić information content (AvgIpc) is 2.72. The maximum absolute atomic E-state index is 12.3. The molecule has 1 atom stereocenters. The summed E-state index contributed by atoms with van der Waals surface area (Å²) < 4.78 is 40.9. The van der Waals surface area contributed by atoms with E-state index in [9.17, 15) is 18.3 Å². The Balaban J connectivity index is 0.00000110. The van der Waals surface area contributed by atoms with Crippen molar-refractivity contribution in [2.45, 2.75) is 59.5 Å². The Hall–Kier alpha value is -2.64. The number of benzene rings is 2. The molecule has 0 radical (unpaired) electrons. The minimum atomic E-state index is -4.74. The summed E-state index contributed by atoms with van der Waals surface area (Å²) in [6.07, 6.45) is 0.146. The van der Waals surface area contributed by atoms with Crippen molar-refractivity contribution < 1.29 is 23.0 Å². The summed E-state index contributed by atoms with van der Waals surface area (Å²) in [5.74, 6) is -0.298. The Morgan fingerprint density at radius 1 is 1.19 bits per heavy atom. The molecule has 0 aliphatic rings. The number of rotatable bonds is 7. The Morgan fingerprint density at radius 2 is 1.77 bits per heavy atom. The van der Waals surface area contributed by atoms with Gasteiger partial charge in [0.15, 0.2) is 0 Å². The fourth-order valence-electron chi connectivity index (χ4n) is 2.91. The van der Waals surface area contributed by atoms with E-state index in [1.165, 1.54) is 49.4 Å². The van der Waals surface area contributed by atoms with Crippen molar-refractivity contribution in [1.82, 2.24) is 0 Å². The lowest BCUT2D eigenvalue weighted by atomic mass is 9.90. The van der Waals surface area contributed by atoms with Crippen molar-refractivity contribution in [3.63, 3.8) is 0 Å². The standard InChI is InChI=1S/C20H21F3N2O2.C4H10/c1-4-9-25-19-12(2)17(10-15(11-24)18(19)13(3)26)14-5-7-16(8-6-14)27-20(21,22)23;1-3-4-2/h4-10,13,26H,1,11,24H2,2-3H3;3-4H2,1-2H3. The maximum atomic E-state index is 12.3. The molecule has 0 saturated carbocycles. The fourth-order valence-corrected chi connectivity index (χ4v) is 2.91. The average molecular weight is 437 g/mol. The van der Waals surface area contributed by atoms with Gasteiger partial charge in [-0.2, -0.15) is 0 Å². The number of unbranched alkanes of at least 4 members (excludes halogenated alkanes) is 1. The van der Waals surface area contributed by atoms with Gasteiger partial charge in [0.2, 0.25) is 0 Å². The molecule has 3 N–H and O–H groups in total. The van der Waals surface area contributed by atoms with Gasteiger partial charge in [-0.25, -0.2) is 0 Å².